The van der Waals surface area contributed by atoms with Gasteiger partial charge in [-0.1, -0.05) is 12.0 Å². The van der Waals surface area contributed by atoms with E-state index in [0.717, 1.165) is 32.2 Å². The summed E-state index contributed by atoms with van der Waals surface area (Å²) < 4.78 is 50.1. The average Bonchev–Trinajstić information content (AvgIpc) is 3.37. The quantitative estimate of drug-likeness (QED) is 0.316. The molecule has 0 radical (unpaired) electrons. The molecule has 0 saturated carbocycles. The zero-order chi connectivity index (χ0) is 30.5. The van der Waals surface area contributed by atoms with Crippen molar-refractivity contribution in [2.45, 2.75) is 50.8 Å². The molecule has 2 fully saturated rings. The Morgan fingerprint density at radius 3 is 2.70 bits per heavy atom. The van der Waals surface area contributed by atoms with E-state index < -0.39 is 11.6 Å². The van der Waals surface area contributed by atoms with Crippen LogP contribution in [0, 0.1) is 24.0 Å². The summed E-state index contributed by atoms with van der Waals surface area (Å²) in [6.45, 7) is 4.86. The van der Waals surface area contributed by atoms with Crippen molar-refractivity contribution >= 4 is 27.5 Å². The van der Waals surface area contributed by atoms with E-state index in [1.54, 1.807) is 0 Å². The van der Waals surface area contributed by atoms with Gasteiger partial charge < -0.3 is 24.2 Å². The molecule has 11 heteroatoms. The molecule has 4 aromatic rings. The SMILES string of the molecule is C#Cc1c(F)ccc2cc(O)cc(-c3nc4c5c(nc(O[C@@H](C)[C@@H]6CCCN6C)nc5c3F)N(C3CCCOC3)CCO4)c12. The summed E-state index contributed by atoms with van der Waals surface area (Å²) in [5.41, 5.74) is -0.159. The van der Waals surface area contributed by atoms with Crippen LogP contribution in [0.1, 0.15) is 38.2 Å². The van der Waals surface area contributed by atoms with Gasteiger partial charge >= 0.3 is 6.01 Å². The zero-order valence-corrected chi connectivity index (χ0v) is 24.6. The minimum Gasteiger partial charge on any atom is -0.508 e. The Labute approximate surface area is 253 Å². The normalized spacial score (nSPS) is 21.2. The molecule has 3 aliphatic heterocycles. The number of aromatic hydroxyl groups is 1. The highest BCUT2D eigenvalue weighted by atomic mass is 19.1. The second-order valence-corrected chi connectivity index (χ2v) is 11.7. The first kappa shape index (κ1) is 28.5. The van der Waals surface area contributed by atoms with Gasteiger partial charge in [-0.2, -0.15) is 9.97 Å². The number of rotatable bonds is 5. The Morgan fingerprint density at radius 2 is 1.95 bits per heavy atom. The van der Waals surface area contributed by atoms with E-state index in [4.69, 9.17) is 25.6 Å². The van der Waals surface area contributed by atoms with Gasteiger partial charge in [0.05, 0.1) is 24.8 Å². The van der Waals surface area contributed by atoms with Crippen molar-refractivity contribution < 1.29 is 28.1 Å². The molecule has 1 unspecified atom stereocenters. The molecule has 9 nitrogen and oxygen atoms in total. The number of benzene rings is 2. The lowest BCUT2D eigenvalue weighted by molar-refractivity contribution is 0.0782. The van der Waals surface area contributed by atoms with Crippen molar-refractivity contribution in [1.82, 2.24) is 19.9 Å². The molecule has 1 N–H and O–H groups in total. The van der Waals surface area contributed by atoms with E-state index in [-0.39, 0.29) is 70.2 Å². The second-order valence-electron chi connectivity index (χ2n) is 11.7. The molecule has 3 atom stereocenters. The summed E-state index contributed by atoms with van der Waals surface area (Å²) in [6, 6.07) is 5.69. The van der Waals surface area contributed by atoms with Crippen molar-refractivity contribution in [3.63, 3.8) is 0 Å². The third kappa shape index (κ3) is 4.82. The molecular weight excluding hydrogens is 568 g/mol. The Hall–Kier alpha value is -4.27. The number of phenolic OH excluding ortho intramolecular Hbond substituents is 1. The van der Waals surface area contributed by atoms with Crippen LogP contribution in [0.15, 0.2) is 24.3 Å². The lowest BCUT2D eigenvalue weighted by Gasteiger charge is -2.34. The van der Waals surface area contributed by atoms with Crippen LogP contribution >= 0.6 is 0 Å². The molecule has 0 spiro atoms. The lowest BCUT2D eigenvalue weighted by Crippen LogP contribution is -2.43. The maximum absolute atomic E-state index is 16.9. The molecule has 228 valence electrons. The molecule has 0 bridgehead atoms. The van der Waals surface area contributed by atoms with Gasteiger partial charge in [0.2, 0.25) is 5.88 Å². The number of terminal acetylenes is 1. The van der Waals surface area contributed by atoms with Crippen molar-refractivity contribution in [1.29, 1.82) is 0 Å². The predicted molar refractivity (Wildman–Crippen MR) is 162 cm³/mol. The summed E-state index contributed by atoms with van der Waals surface area (Å²) in [5, 5.41) is 11.6. The third-order valence-corrected chi connectivity index (χ3v) is 8.99. The van der Waals surface area contributed by atoms with Crippen molar-refractivity contribution in [3.05, 3.63) is 41.5 Å². The molecule has 3 aliphatic rings. The molecule has 0 amide bonds. The summed E-state index contributed by atoms with van der Waals surface area (Å²) >= 11 is 0. The van der Waals surface area contributed by atoms with Gasteiger partial charge in [-0.05, 0) is 69.8 Å². The smallest absolute Gasteiger partial charge is 0.319 e. The molecule has 0 aliphatic carbocycles. The van der Waals surface area contributed by atoms with Crippen molar-refractivity contribution in [2.75, 3.05) is 44.9 Å². The first-order valence-corrected chi connectivity index (χ1v) is 15.0. The molecule has 2 aromatic carbocycles. The largest absolute Gasteiger partial charge is 0.508 e. The number of hydrogen-bond donors (Lipinski definition) is 1. The summed E-state index contributed by atoms with van der Waals surface area (Å²) in [7, 11) is 2.06. The standard InChI is InChI=1S/C33H33F2N5O4/c1-4-22-24(34)10-9-19-15-21(41)16-23(26(19)22)29-28(35)30-27-31(38-33(37-30)44-18(2)25-8-5-11-39(25)3)40(12-14-43-32(27)36-29)20-7-6-13-42-17-20/h1,9-10,15-16,18,20,25,41H,5-8,11-14,17H2,2-3H3/t18-,20?,25-/m0/s1. The van der Waals surface area contributed by atoms with Gasteiger partial charge in [0.25, 0.3) is 0 Å². The second kappa shape index (κ2) is 11.3. The minimum atomic E-state index is -0.785. The van der Waals surface area contributed by atoms with E-state index in [2.05, 4.69) is 32.7 Å². The molecule has 2 saturated heterocycles. The maximum Gasteiger partial charge on any atom is 0.319 e. The maximum atomic E-state index is 16.9. The monoisotopic (exact) mass is 601 g/mol. The number of likely N-dealkylation sites (N-methyl/N-ethyl adjacent to an activating group) is 1. The highest BCUT2D eigenvalue weighted by molar-refractivity contribution is 6.04. The number of halogens is 2. The lowest BCUT2D eigenvalue weighted by atomic mass is 9.95. The number of aromatic nitrogens is 3. The molecule has 5 heterocycles. The van der Waals surface area contributed by atoms with E-state index >= 15 is 4.39 Å². The number of likely N-dealkylation sites (tertiary alicyclic amines) is 1. The van der Waals surface area contributed by atoms with Crippen LogP contribution in [0.25, 0.3) is 32.9 Å². The highest BCUT2D eigenvalue weighted by Crippen LogP contribution is 2.43. The summed E-state index contributed by atoms with van der Waals surface area (Å²) in [5.74, 6) is 1.41. The van der Waals surface area contributed by atoms with Gasteiger partial charge in [-0.15, -0.1) is 6.42 Å². The Kier molecular flexibility index (Phi) is 7.34. The van der Waals surface area contributed by atoms with E-state index in [9.17, 15) is 9.50 Å². The highest BCUT2D eigenvalue weighted by Gasteiger charge is 2.34. The number of anilines is 1. The number of nitrogens with zero attached hydrogens (tertiary/aromatic N) is 5. The van der Waals surface area contributed by atoms with Crippen LogP contribution in [0.2, 0.25) is 0 Å². The van der Waals surface area contributed by atoms with Crippen LogP contribution in [-0.4, -0.2) is 83.1 Å². The van der Waals surface area contributed by atoms with Gasteiger partial charge in [-0.3, -0.25) is 4.90 Å². The molecule has 2 aromatic heterocycles. The Morgan fingerprint density at radius 1 is 1.09 bits per heavy atom. The Bertz CT molecular complexity index is 1810. The van der Waals surface area contributed by atoms with E-state index in [1.807, 2.05) is 6.92 Å². The van der Waals surface area contributed by atoms with Crippen LogP contribution in [0.4, 0.5) is 14.6 Å². The van der Waals surface area contributed by atoms with Crippen LogP contribution < -0.4 is 14.4 Å². The van der Waals surface area contributed by atoms with Gasteiger partial charge in [0.15, 0.2) is 5.82 Å². The average molecular weight is 602 g/mol. The van der Waals surface area contributed by atoms with E-state index in [1.165, 1.54) is 24.3 Å². The fourth-order valence-electron chi connectivity index (χ4n) is 6.85. The first-order valence-electron chi connectivity index (χ1n) is 15.0. The summed E-state index contributed by atoms with van der Waals surface area (Å²) in [4.78, 5) is 18.4. The first-order chi connectivity index (χ1) is 21.3. The van der Waals surface area contributed by atoms with Gasteiger partial charge in [0.1, 0.15) is 46.7 Å². The Balaban J connectivity index is 1.46. The fraction of sp³-hybridized carbons (Fsp3) is 0.424. The number of hydrogen-bond acceptors (Lipinski definition) is 9. The topological polar surface area (TPSA) is 93.1 Å². The molecule has 7 rings (SSSR count). The number of phenols is 1. The van der Waals surface area contributed by atoms with Crippen LogP contribution in [0.5, 0.6) is 17.6 Å². The number of fused-ring (bicyclic) bond motifs is 1. The van der Waals surface area contributed by atoms with Crippen LogP contribution in [0.3, 0.4) is 0 Å². The van der Waals surface area contributed by atoms with Crippen molar-refractivity contribution in [3.8, 4) is 41.2 Å². The number of pyridine rings is 1. The summed E-state index contributed by atoms with van der Waals surface area (Å²) in [6.07, 6.45) is 9.26. The number of ether oxygens (including phenoxy) is 3. The van der Waals surface area contributed by atoms with E-state index in [0.29, 0.717) is 36.3 Å². The fourth-order valence-corrected chi connectivity index (χ4v) is 6.85. The van der Waals surface area contributed by atoms with Crippen molar-refractivity contribution in [2.24, 2.45) is 0 Å². The van der Waals surface area contributed by atoms with Gasteiger partial charge in [-0.25, -0.2) is 13.8 Å². The van der Waals surface area contributed by atoms with Crippen LogP contribution in [-0.2, 0) is 4.74 Å². The zero-order valence-electron chi connectivity index (χ0n) is 24.6. The molecule has 44 heavy (non-hydrogen) atoms. The third-order valence-electron chi connectivity index (χ3n) is 8.99. The van der Waals surface area contributed by atoms with Gasteiger partial charge in [0, 0.05) is 23.6 Å². The molecular formula is C33H33F2N5O4. The predicted octanol–water partition coefficient (Wildman–Crippen LogP) is 5.05. The minimum absolute atomic E-state index is 0.00144.